The van der Waals surface area contributed by atoms with Crippen LogP contribution in [0.1, 0.15) is 0 Å². The zero-order valence-corrected chi connectivity index (χ0v) is 40.5. The second-order valence-electron chi connectivity index (χ2n) is 19.2. The maximum absolute atomic E-state index is 6.49. The molecule has 0 aliphatic rings. The van der Waals surface area contributed by atoms with Gasteiger partial charge in [-0.2, -0.15) is 0 Å². The van der Waals surface area contributed by atoms with E-state index < -0.39 is 0 Å². The average Bonchev–Trinajstić information content (AvgIpc) is 4.14. The molecule has 15 rings (SSSR count). The molecule has 0 bridgehead atoms. The number of rotatable bonds is 8. The second-order valence-corrected chi connectivity index (χ2v) is 19.2. The molecule has 75 heavy (non-hydrogen) atoms. The Labute approximate surface area is 431 Å². The number of hydrogen-bond acceptors (Lipinski definition) is 4. The Hall–Kier alpha value is -10.2. The molecule has 0 atom stereocenters. The molecular formula is C69H43N5O. The molecule has 6 nitrogen and oxygen atoms in total. The first kappa shape index (κ1) is 42.5. The Balaban J connectivity index is 0.787. The lowest BCUT2D eigenvalue weighted by atomic mass is 9.98. The Morgan fingerprint density at radius 2 is 0.587 bits per heavy atom. The molecule has 0 fully saturated rings. The van der Waals surface area contributed by atoms with Gasteiger partial charge < -0.3 is 13.6 Å². The fraction of sp³-hybridized carbons (Fsp3) is 0. The third-order valence-corrected chi connectivity index (χ3v) is 14.8. The van der Waals surface area contributed by atoms with Crippen molar-refractivity contribution in [3.63, 3.8) is 0 Å². The molecular weight excluding hydrogens is 915 g/mol. The summed E-state index contributed by atoms with van der Waals surface area (Å²) in [6, 6.07) is 92.4. The Bertz CT molecular complexity index is 4650. The summed E-state index contributed by atoms with van der Waals surface area (Å²) in [6.45, 7) is 0. The van der Waals surface area contributed by atoms with E-state index in [0.29, 0.717) is 17.5 Å². The SMILES string of the molecule is c1ccc(-c2nc(-c3ccccc3)nc(-c3cccc(-c4cccc(-n5c6ccccc6c6cc(-c7ccc8oc9ccc(-c%10ccc%11c(c%10)c%10ccccc%10n%11-c%10ccccc%10)cc9c8c7)ccc65)c4)c3)n2)cc1. The van der Waals surface area contributed by atoms with Crippen molar-refractivity contribution < 1.29 is 4.42 Å². The van der Waals surface area contributed by atoms with E-state index in [1.807, 2.05) is 60.7 Å². The Kier molecular flexibility index (Phi) is 9.78. The van der Waals surface area contributed by atoms with E-state index in [2.05, 4.69) is 209 Å². The van der Waals surface area contributed by atoms with Gasteiger partial charge in [0.05, 0.1) is 22.1 Å². The van der Waals surface area contributed by atoms with Gasteiger partial charge in [-0.05, 0) is 124 Å². The molecule has 0 spiro atoms. The molecule has 15 aromatic rings. The summed E-state index contributed by atoms with van der Waals surface area (Å²) in [7, 11) is 0. The summed E-state index contributed by atoms with van der Waals surface area (Å²) >= 11 is 0. The molecule has 0 saturated carbocycles. The molecule has 350 valence electrons. The van der Waals surface area contributed by atoms with E-state index >= 15 is 0 Å². The van der Waals surface area contributed by atoms with Gasteiger partial charge >= 0.3 is 0 Å². The number of aromatic nitrogens is 5. The molecule has 0 saturated heterocycles. The van der Waals surface area contributed by atoms with Crippen molar-refractivity contribution in [2.75, 3.05) is 0 Å². The molecule has 6 heteroatoms. The molecule has 0 radical (unpaired) electrons. The Morgan fingerprint density at radius 1 is 0.227 bits per heavy atom. The van der Waals surface area contributed by atoms with Gasteiger partial charge in [-0.15, -0.1) is 0 Å². The van der Waals surface area contributed by atoms with Gasteiger partial charge in [0, 0.05) is 60.4 Å². The van der Waals surface area contributed by atoms with Crippen LogP contribution in [0, 0.1) is 0 Å². The minimum atomic E-state index is 0.626. The van der Waals surface area contributed by atoms with Gasteiger partial charge in [-0.3, -0.25) is 0 Å². The first-order valence-corrected chi connectivity index (χ1v) is 25.3. The summed E-state index contributed by atoms with van der Waals surface area (Å²) in [5.74, 6) is 1.91. The van der Waals surface area contributed by atoms with Crippen LogP contribution in [-0.2, 0) is 0 Å². The van der Waals surface area contributed by atoms with Gasteiger partial charge in [0.25, 0.3) is 0 Å². The van der Waals surface area contributed by atoms with Crippen LogP contribution in [0.2, 0.25) is 0 Å². The fourth-order valence-corrected chi connectivity index (χ4v) is 11.2. The smallest absolute Gasteiger partial charge is 0.164 e. The van der Waals surface area contributed by atoms with Crippen molar-refractivity contribution in [2.24, 2.45) is 0 Å². The van der Waals surface area contributed by atoms with Crippen molar-refractivity contribution in [1.82, 2.24) is 24.1 Å². The number of para-hydroxylation sites is 3. The number of benzene rings is 11. The van der Waals surface area contributed by atoms with Crippen LogP contribution in [0.25, 0.3) is 144 Å². The highest BCUT2D eigenvalue weighted by Crippen LogP contribution is 2.41. The monoisotopic (exact) mass is 957 g/mol. The molecule has 4 heterocycles. The predicted octanol–water partition coefficient (Wildman–Crippen LogP) is 18.0. The minimum Gasteiger partial charge on any atom is -0.456 e. The van der Waals surface area contributed by atoms with Gasteiger partial charge in [-0.25, -0.2) is 15.0 Å². The van der Waals surface area contributed by atoms with E-state index in [9.17, 15) is 0 Å². The lowest BCUT2D eigenvalue weighted by Gasteiger charge is -2.12. The van der Waals surface area contributed by atoms with Crippen molar-refractivity contribution in [3.05, 3.63) is 261 Å². The number of hydrogen-bond donors (Lipinski definition) is 0. The lowest BCUT2D eigenvalue weighted by Crippen LogP contribution is -2.00. The van der Waals surface area contributed by atoms with E-state index in [1.165, 1.54) is 38.1 Å². The van der Waals surface area contributed by atoms with Crippen molar-refractivity contribution in [2.45, 2.75) is 0 Å². The highest BCUT2D eigenvalue weighted by molar-refractivity contribution is 6.13. The average molecular weight is 958 g/mol. The first-order chi connectivity index (χ1) is 37.1. The minimum absolute atomic E-state index is 0.626. The second kappa shape index (κ2) is 17.3. The normalized spacial score (nSPS) is 11.7. The molecule has 0 unspecified atom stereocenters. The highest BCUT2D eigenvalue weighted by atomic mass is 16.3. The summed E-state index contributed by atoms with van der Waals surface area (Å²) in [5.41, 5.74) is 18.2. The van der Waals surface area contributed by atoms with Crippen LogP contribution in [0.5, 0.6) is 0 Å². The zero-order valence-electron chi connectivity index (χ0n) is 40.5. The summed E-state index contributed by atoms with van der Waals surface area (Å²) in [4.78, 5) is 15.0. The number of furan rings is 1. The molecule has 0 N–H and O–H groups in total. The quantitative estimate of drug-likeness (QED) is 0.152. The maximum Gasteiger partial charge on any atom is 0.164 e. The van der Waals surface area contributed by atoms with E-state index in [-0.39, 0.29) is 0 Å². The molecule has 0 aliphatic carbocycles. The number of nitrogens with zero attached hydrogens (tertiary/aromatic N) is 5. The van der Waals surface area contributed by atoms with Gasteiger partial charge in [0.2, 0.25) is 0 Å². The van der Waals surface area contributed by atoms with Gasteiger partial charge in [0.1, 0.15) is 11.2 Å². The van der Waals surface area contributed by atoms with Crippen LogP contribution < -0.4 is 0 Å². The lowest BCUT2D eigenvalue weighted by molar-refractivity contribution is 0.669. The van der Waals surface area contributed by atoms with E-state index in [1.54, 1.807) is 0 Å². The fourth-order valence-electron chi connectivity index (χ4n) is 11.2. The van der Waals surface area contributed by atoms with Crippen LogP contribution >= 0.6 is 0 Å². The predicted molar refractivity (Wildman–Crippen MR) is 308 cm³/mol. The summed E-state index contributed by atoms with van der Waals surface area (Å²) in [5, 5.41) is 7.05. The van der Waals surface area contributed by atoms with Crippen LogP contribution in [0.4, 0.5) is 0 Å². The maximum atomic E-state index is 6.49. The first-order valence-electron chi connectivity index (χ1n) is 25.3. The van der Waals surface area contributed by atoms with E-state index in [4.69, 9.17) is 19.4 Å². The van der Waals surface area contributed by atoms with Crippen molar-refractivity contribution in [3.8, 4) is 78.9 Å². The number of fused-ring (bicyclic) bond motifs is 9. The van der Waals surface area contributed by atoms with Crippen LogP contribution in [0.15, 0.2) is 265 Å². The van der Waals surface area contributed by atoms with Gasteiger partial charge in [-0.1, -0.05) is 170 Å². The molecule has 0 amide bonds. The van der Waals surface area contributed by atoms with Crippen molar-refractivity contribution in [1.29, 1.82) is 0 Å². The Morgan fingerprint density at radius 3 is 1.13 bits per heavy atom. The molecule has 4 aromatic heterocycles. The third kappa shape index (κ3) is 7.22. The zero-order chi connectivity index (χ0) is 49.4. The van der Waals surface area contributed by atoms with Crippen LogP contribution in [0.3, 0.4) is 0 Å². The van der Waals surface area contributed by atoms with Gasteiger partial charge in [0.15, 0.2) is 17.5 Å². The summed E-state index contributed by atoms with van der Waals surface area (Å²) < 4.78 is 11.2. The highest BCUT2D eigenvalue weighted by Gasteiger charge is 2.19. The van der Waals surface area contributed by atoms with Crippen LogP contribution in [-0.4, -0.2) is 24.1 Å². The third-order valence-electron chi connectivity index (χ3n) is 14.8. The molecule has 0 aliphatic heterocycles. The van der Waals surface area contributed by atoms with Crippen molar-refractivity contribution >= 4 is 65.6 Å². The topological polar surface area (TPSA) is 61.7 Å². The van der Waals surface area contributed by atoms with E-state index in [0.717, 1.165) is 88.9 Å². The standard InChI is InChI=1S/C69H43N5O/c1-4-16-44(17-5-1)67-70-68(45-18-6-2-7-19-45)72-69(71-67)52-22-14-20-46(38-52)47-21-15-25-54(39-47)74-62-29-13-11-27-56(62)58-41-49(31-35-64(58)74)51-33-37-66-60(43-51)59-42-50(32-36-65(59)75-66)48-30-34-63-57(40-48)55-26-10-12-28-61(55)73(63)53-23-8-3-9-24-53/h1-43H. The molecule has 11 aromatic carbocycles. The summed E-state index contributed by atoms with van der Waals surface area (Å²) in [6.07, 6.45) is 0. The largest absolute Gasteiger partial charge is 0.456 e.